The summed E-state index contributed by atoms with van der Waals surface area (Å²) in [4.78, 5) is 2.41. The van der Waals surface area contributed by atoms with Crippen molar-refractivity contribution in [1.82, 2.24) is 4.90 Å². The fraction of sp³-hybridized carbons (Fsp3) is 0.619. The Labute approximate surface area is 142 Å². The fourth-order valence-electron chi connectivity index (χ4n) is 2.66. The van der Waals surface area contributed by atoms with Gasteiger partial charge in [0, 0.05) is 17.8 Å². The molecule has 0 fully saturated rings. The van der Waals surface area contributed by atoms with Crippen molar-refractivity contribution >= 4 is 11.0 Å². The third-order valence-corrected chi connectivity index (χ3v) is 3.94. The molecular formula is C21H35NO. The highest BCUT2D eigenvalue weighted by atomic mass is 16.3. The molecule has 0 amide bonds. The predicted molar refractivity (Wildman–Crippen MR) is 102 cm³/mol. The van der Waals surface area contributed by atoms with Crippen LogP contribution in [0.5, 0.6) is 0 Å². The molecule has 0 aliphatic heterocycles. The Kier molecular flexibility index (Phi) is 8.40. The van der Waals surface area contributed by atoms with Gasteiger partial charge in [-0.05, 0) is 56.1 Å². The van der Waals surface area contributed by atoms with E-state index in [1.165, 1.54) is 30.3 Å². The lowest BCUT2D eigenvalue weighted by Crippen LogP contribution is -2.19. The molecule has 2 nitrogen and oxygen atoms in total. The van der Waals surface area contributed by atoms with E-state index in [1.807, 2.05) is 13.8 Å². The quantitative estimate of drug-likeness (QED) is 0.583. The molecule has 0 aliphatic rings. The second kappa shape index (κ2) is 9.77. The average Bonchev–Trinajstić information content (AvgIpc) is 2.92. The Hall–Kier alpha value is -1.28. The van der Waals surface area contributed by atoms with Crippen molar-refractivity contribution in [3.8, 4) is 0 Å². The first-order valence-electron chi connectivity index (χ1n) is 9.16. The Morgan fingerprint density at radius 3 is 2.35 bits per heavy atom. The lowest BCUT2D eigenvalue weighted by molar-refractivity contribution is 0.311. The molecule has 0 radical (unpaired) electrons. The number of nitrogens with zero attached hydrogens (tertiary/aromatic N) is 1. The molecule has 130 valence electrons. The van der Waals surface area contributed by atoms with E-state index >= 15 is 0 Å². The van der Waals surface area contributed by atoms with Gasteiger partial charge in [0.25, 0.3) is 0 Å². The zero-order chi connectivity index (χ0) is 17.4. The van der Waals surface area contributed by atoms with Crippen molar-refractivity contribution in [3.63, 3.8) is 0 Å². The normalized spacial score (nSPS) is 11.4. The maximum absolute atomic E-state index is 5.87. The van der Waals surface area contributed by atoms with Gasteiger partial charge in [0.2, 0.25) is 0 Å². The van der Waals surface area contributed by atoms with Gasteiger partial charge in [-0.25, -0.2) is 0 Å². The monoisotopic (exact) mass is 317 g/mol. The lowest BCUT2D eigenvalue weighted by atomic mass is 10.1. The molecule has 2 heteroatoms. The van der Waals surface area contributed by atoms with Gasteiger partial charge in [0.05, 0.1) is 0 Å². The van der Waals surface area contributed by atoms with Crippen molar-refractivity contribution in [2.45, 2.75) is 66.8 Å². The van der Waals surface area contributed by atoms with Crippen molar-refractivity contribution in [1.29, 1.82) is 0 Å². The molecule has 0 bridgehead atoms. The van der Waals surface area contributed by atoms with E-state index in [-0.39, 0.29) is 0 Å². The van der Waals surface area contributed by atoms with Crippen LogP contribution in [0.25, 0.3) is 11.0 Å². The molecular weight excluding hydrogens is 282 g/mol. The van der Waals surface area contributed by atoms with Gasteiger partial charge in [0.15, 0.2) is 0 Å². The first-order chi connectivity index (χ1) is 11.0. The van der Waals surface area contributed by atoms with Crippen LogP contribution in [0.2, 0.25) is 0 Å². The SMILES string of the molecule is CC.CC(C)CCCN(C)Cc1ccc2oc(C(C)C)cc2c1. The van der Waals surface area contributed by atoms with E-state index in [4.69, 9.17) is 4.42 Å². The topological polar surface area (TPSA) is 16.4 Å². The van der Waals surface area contributed by atoms with Gasteiger partial charge in [-0.15, -0.1) is 0 Å². The van der Waals surface area contributed by atoms with Crippen LogP contribution >= 0.6 is 0 Å². The molecule has 0 spiro atoms. The van der Waals surface area contributed by atoms with Gasteiger partial charge in [-0.3, -0.25) is 0 Å². The van der Waals surface area contributed by atoms with Gasteiger partial charge in [-0.1, -0.05) is 47.6 Å². The van der Waals surface area contributed by atoms with Gasteiger partial charge >= 0.3 is 0 Å². The largest absolute Gasteiger partial charge is 0.461 e. The predicted octanol–water partition coefficient (Wildman–Crippen LogP) is 6.45. The number of hydrogen-bond donors (Lipinski definition) is 0. The van der Waals surface area contributed by atoms with Crippen LogP contribution < -0.4 is 0 Å². The van der Waals surface area contributed by atoms with E-state index in [1.54, 1.807) is 0 Å². The smallest absolute Gasteiger partial charge is 0.134 e. The van der Waals surface area contributed by atoms with E-state index in [2.05, 4.69) is 63.9 Å². The maximum Gasteiger partial charge on any atom is 0.134 e. The van der Waals surface area contributed by atoms with E-state index in [0.29, 0.717) is 5.92 Å². The molecule has 1 aromatic heterocycles. The summed E-state index contributed by atoms with van der Waals surface area (Å²) in [5, 5.41) is 1.23. The summed E-state index contributed by atoms with van der Waals surface area (Å²) in [6.45, 7) is 15.1. The second-order valence-electron chi connectivity index (χ2n) is 6.95. The number of rotatable bonds is 7. The Balaban J connectivity index is 0.00000127. The van der Waals surface area contributed by atoms with Crippen LogP contribution in [0.1, 0.15) is 71.6 Å². The molecule has 1 heterocycles. The summed E-state index contributed by atoms with van der Waals surface area (Å²) in [5.41, 5.74) is 2.37. The molecule has 0 N–H and O–H groups in total. The molecule has 0 aliphatic carbocycles. The van der Waals surface area contributed by atoms with Crippen LogP contribution in [-0.4, -0.2) is 18.5 Å². The highest BCUT2D eigenvalue weighted by Crippen LogP contribution is 2.26. The fourth-order valence-corrected chi connectivity index (χ4v) is 2.66. The van der Waals surface area contributed by atoms with E-state index in [0.717, 1.165) is 23.8 Å². The summed E-state index contributed by atoms with van der Waals surface area (Å²) >= 11 is 0. The van der Waals surface area contributed by atoms with Gasteiger partial charge < -0.3 is 9.32 Å². The molecule has 23 heavy (non-hydrogen) atoms. The number of fused-ring (bicyclic) bond motifs is 1. The van der Waals surface area contributed by atoms with Crippen LogP contribution in [0.3, 0.4) is 0 Å². The first-order valence-corrected chi connectivity index (χ1v) is 9.16. The molecule has 2 rings (SSSR count). The Morgan fingerprint density at radius 2 is 1.74 bits per heavy atom. The lowest BCUT2D eigenvalue weighted by Gasteiger charge is -2.17. The minimum absolute atomic E-state index is 0.444. The highest BCUT2D eigenvalue weighted by molar-refractivity contribution is 5.78. The summed E-state index contributed by atoms with van der Waals surface area (Å²) in [6.07, 6.45) is 2.59. The second-order valence-corrected chi connectivity index (χ2v) is 6.95. The highest BCUT2D eigenvalue weighted by Gasteiger charge is 2.08. The summed E-state index contributed by atoms with van der Waals surface area (Å²) in [5.74, 6) is 2.32. The minimum Gasteiger partial charge on any atom is -0.461 e. The van der Waals surface area contributed by atoms with Crippen LogP contribution in [0.4, 0.5) is 0 Å². The number of furan rings is 1. The van der Waals surface area contributed by atoms with E-state index < -0.39 is 0 Å². The maximum atomic E-state index is 5.87. The zero-order valence-corrected chi connectivity index (χ0v) is 16.1. The molecule has 0 unspecified atom stereocenters. The van der Waals surface area contributed by atoms with Crippen molar-refractivity contribution in [3.05, 3.63) is 35.6 Å². The standard InChI is InChI=1S/C19H29NO.C2H6/c1-14(2)7-6-10-20(5)13-16-8-9-18-17(11-16)12-19(21-18)15(3)4;1-2/h8-9,11-12,14-15H,6-7,10,13H2,1-5H3;1-2H3. The Bertz CT molecular complexity index is 568. The third kappa shape index (κ3) is 6.39. The summed E-state index contributed by atoms with van der Waals surface area (Å²) < 4.78 is 5.87. The number of benzene rings is 1. The molecule has 0 saturated heterocycles. The van der Waals surface area contributed by atoms with Crippen molar-refractivity contribution < 1.29 is 4.42 Å². The average molecular weight is 318 g/mol. The zero-order valence-electron chi connectivity index (χ0n) is 16.1. The summed E-state index contributed by atoms with van der Waals surface area (Å²) in [6, 6.07) is 8.75. The van der Waals surface area contributed by atoms with Crippen molar-refractivity contribution in [2.75, 3.05) is 13.6 Å². The van der Waals surface area contributed by atoms with Crippen LogP contribution in [-0.2, 0) is 6.54 Å². The Morgan fingerprint density at radius 1 is 1.04 bits per heavy atom. The van der Waals surface area contributed by atoms with Gasteiger partial charge in [0.1, 0.15) is 11.3 Å². The molecule has 0 atom stereocenters. The molecule has 1 aromatic carbocycles. The van der Waals surface area contributed by atoms with Crippen LogP contribution in [0.15, 0.2) is 28.7 Å². The van der Waals surface area contributed by atoms with Crippen molar-refractivity contribution in [2.24, 2.45) is 5.92 Å². The minimum atomic E-state index is 0.444. The third-order valence-electron chi connectivity index (χ3n) is 3.94. The van der Waals surface area contributed by atoms with E-state index in [9.17, 15) is 0 Å². The first kappa shape index (κ1) is 19.8. The number of hydrogen-bond acceptors (Lipinski definition) is 2. The van der Waals surface area contributed by atoms with Crippen LogP contribution in [0, 0.1) is 5.92 Å². The van der Waals surface area contributed by atoms with Gasteiger partial charge in [-0.2, -0.15) is 0 Å². The summed E-state index contributed by atoms with van der Waals surface area (Å²) in [7, 11) is 2.21. The molecule has 2 aromatic rings. The molecule has 0 saturated carbocycles.